The maximum Gasteiger partial charge on any atom is 0.408 e. The van der Waals surface area contributed by atoms with Crippen LogP contribution in [0.4, 0.5) is 4.79 Å². The molecule has 0 bridgehead atoms. The molecule has 0 aromatic heterocycles. The Morgan fingerprint density at radius 1 is 1.14 bits per heavy atom. The molecule has 0 radical (unpaired) electrons. The van der Waals surface area contributed by atoms with E-state index in [-0.39, 0.29) is 25.2 Å². The quantitative estimate of drug-likeness (QED) is 0.475. The molecule has 1 aliphatic rings. The topological polar surface area (TPSA) is 94.9 Å². The number of nitrogens with zero attached hydrogens (tertiary/aromatic N) is 1. The van der Waals surface area contributed by atoms with Crippen molar-refractivity contribution in [1.82, 2.24) is 4.90 Å². The van der Waals surface area contributed by atoms with E-state index in [9.17, 15) is 24.6 Å². The standard InChI is InChI=1S/C21H20INO5/c1-13-10-15(11-16(18(13)22)14-6-3-2-4-7-14)17(24)12-21(19(25)26)8-5-9-23(21)20(27)28/h2-4,6-7,10-11H,5,8-9,12H2,1H3,(H,25,26)(H,27,28). The number of aryl methyl sites for hydroxylation is 1. The summed E-state index contributed by atoms with van der Waals surface area (Å²) in [5.41, 5.74) is 1.47. The van der Waals surface area contributed by atoms with E-state index >= 15 is 0 Å². The number of amides is 1. The van der Waals surface area contributed by atoms with E-state index in [1.807, 2.05) is 37.3 Å². The Kier molecular flexibility index (Phi) is 5.74. The van der Waals surface area contributed by atoms with E-state index in [0.717, 1.165) is 25.2 Å². The monoisotopic (exact) mass is 493 g/mol. The van der Waals surface area contributed by atoms with Crippen LogP contribution in [0.25, 0.3) is 11.1 Å². The van der Waals surface area contributed by atoms with E-state index in [1.54, 1.807) is 12.1 Å². The zero-order valence-electron chi connectivity index (χ0n) is 15.3. The van der Waals surface area contributed by atoms with Crippen LogP contribution in [0.5, 0.6) is 0 Å². The summed E-state index contributed by atoms with van der Waals surface area (Å²) in [5.74, 6) is -1.64. The normalized spacial score (nSPS) is 18.9. The van der Waals surface area contributed by atoms with Gasteiger partial charge >= 0.3 is 12.1 Å². The Morgan fingerprint density at radius 3 is 2.43 bits per heavy atom. The summed E-state index contributed by atoms with van der Waals surface area (Å²) >= 11 is 2.23. The minimum Gasteiger partial charge on any atom is -0.479 e. The van der Waals surface area contributed by atoms with Crippen LogP contribution < -0.4 is 0 Å². The van der Waals surface area contributed by atoms with Crippen LogP contribution in [-0.2, 0) is 4.79 Å². The van der Waals surface area contributed by atoms with Gasteiger partial charge < -0.3 is 10.2 Å². The first-order valence-corrected chi connectivity index (χ1v) is 9.97. The molecule has 0 saturated carbocycles. The number of rotatable bonds is 5. The maximum absolute atomic E-state index is 13.0. The number of carbonyl (C=O) groups is 3. The van der Waals surface area contributed by atoms with Gasteiger partial charge in [-0.1, -0.05) is 30.3 Å². The fourth-order valence-corrected chi connectivity index (χ4v) is 4.39. The number of likely N-dealkylation sites (tertiary alicyclic amines) is 1. The summed E-state index contributed by atoms with van der Waals surface area (Å²) in [6.07, 6.45) is -1.12. The lowest BCUT2D eigenvalue weighted by Crippen LogP contribution is -2.53. The molecule has 2 aromatic rings. The fourth-order valence-electron chi connectivity index (χ4n) is 3.77. The van der Waals surface area contributed by atoms with Crippen LogP contribution in [0.2, 0.25) is 0 Å². The zero-order valence-corrected chi connectivity index (χ0v) is 17.5. The summed E-state index contributed by atoms with van der Waals surface area (Å²) < 4.78 is 1.02. The van der Waals surface area contributed by atoms with Crippen molar-refractivity contribution < 1.29 is 24.6 Å². The number of aliphatic carboxylic acids is 1. The second-order valence-corrected chi connectivity index (χ2v) is 8.07. The highest BCUT2D eigenvalue weighted by molar-refractivity contribution is 14.1. The van der Waals surface area contributed by atoms with Crippen LogP contribution in [0.3, 0.4) is 0 Å². The van der Waals surface area contributed by atoms with Crippen molar-refractivity contribution in [2.24, 2.45) is 0 Å². The van der Waals surface area contributed by atoms with Crippen LogP contribution in [0.1, 0.15) is 35.2 Å². The van der Waals surface area contributed by atoms with Gasteiger partial charge in [0, 0.05) is 22.1 Å². The molecule has 1 heterocycles. The molecule has 3 rings (SSSR count). The van der Waals surface area contributed by atoms with E-state index in [2.05, 4.69) is 22.6 Å². The highest BCUT2D eigenvalue weighted by Gasteiger charge is 2.51. The van der Waals surface area contributed by atoms with Gasteiger partial charge in [-0.25, -0.2) is 9.59 Å². The number of Topliss-reactive ketones (excluding diaryl/α,β-unsaturated/α-hetero) is 1. The minimum atomic E-state index is -1.70. The average molecular weight is 493 g/mol. The molecule has 2 aromatic carbocycles. The number of ketones is 1. The average Bonchev–Trinajstić information content (AvgIpc) is 3.09. The van der Waals surface area contributed by atoms with Gasteiger partial charge in [-0.2, -0.15) is 0 Å². The number of carbonyl (C=O) groups excluding carboxylic acids is 1. The van der Waals surface area contributed by atoms with Crippen LogP contribution in [-0.4, -0.2) is 45.0 Å². The Hall–Kier alpha value is -2.42. The van der Waals surface area contributed by atoms with Crippen molar-refractivity contribution in [1.29, 1.82) is 0 Å². The Labute approximate surface area is 176 Å². The summed E-state index contributed by atoms with van der Waals surface area (Å²) in [6, 6.07) is 13.2. The summed E-state index contributed by atoms with van der Waals surface area (Å²) in [4.78, 5) is 37.4. The number of halogens is 1. The Balaban J connectivity index is 2.00. The smallest absolute Gasteiger partial charge is 0.408 e. The molecule has 2 N–H and O–H groups in total. The summed E-state index contributed by atoms with van der Waals surface area (Å²) in [7, 11) is 0. The third kappa shape index (κ3) is 3.63. The highest BCUT2D eigenvalue weighted by atomic mass is 127. The van der Waals surface area contributed by atoms with Crippen molar-refractivity contribution in [2.75, 3.05) is 6.54 Å². The van der Waals surface area contributed by atoms with Crippen molar-refractivity contribution in [3.8, 4) is 11.1 Å². The molecule has 28 heavy (non-hydrogen) atoms. The summed E-state index contributed by atoms with van der Waals surface area (Å²) in [5, 5.41) is 19.2. The first kappa shape index (κ1) is 20.3. The van der Waals surface area contributed by atoms with Gasteiger partial charge in [0.25, 0.3) is 0 Å². The predicted octanol–water partition coefficient (Wildman–Crippen LogP) is 4.44. The zero-order chi connectivity index (χ0) is 20.5. The third-order valence-electron chi connectivity index (χ3n) is 5.23. The predicted molar refractivity (Wildman–Crippen MR) is 113 cm³/mol. The lowest BCUT2D eigenvalue weighted by atomic mass is 9.87. The molecule has 7 heteroatoms. The molecule has 1 fully saturated rings. The second kappa shape index (κ2) is 7.90. The minimum absolute atomic E-state index is 0.121. The number of carboxylic acid groups (broad SMARTS) is 2. The molecule has 1 amide bonds. The SMILES string of the molecule is Cc1cc(C(=O)CC2(C(=O)O)CCCN2C(=O)O)cc(-c2ccccc2)c1I. The van der Waals surface area contributed by atoms with E-state index in [4.69, 9.17) is 0 Å². The molecular formula is C21H20INO5. The molecule has 0 spiro atoms. The first-order chi connectivity index (χ1) is 13.3. The fraction of sp³-hybridized carbons (Fsp3) is 0.286. The molecule has 146 valence electrons. The van der Waals surface area contributed by atoms with E-state index in [0.29, 0.717) is 12.0 Å². The van der Waals surface area contributed by atoms with Crippen molar-refractivity contribution in [3.63, 3.8) is 0 Å². The number of benzene rings is 2. The van der Waals surface area contributed by atoms with E-state index in [1.165, 1.54) is 0 Å². The van der Waals surface area contributed by atoms with Gasteiger partial charge in [-0.05, 0) is 71.2 Å². The lowest BCUT2D eigenvalue weighted by Gasteiger charge is -2.32. The highest BCUT2D eigenvalue weighted by Crippen LogP contribution is 2.35. The van der Waals surface area contributed by atoms with Gasteiger partial charge in [0.2, 0.25) is 0 Å². The molecule has 6 nitrogen and oxygen atoms in total. The molecule has 0 aliphatic carbocycles. The van der Waals surface area contributed by atoms with Gasteiger partial charge in [0.15, 0.2) is 11.3 Å². The summed E-state index contributed by atoms with van der Waals surface area (Å²) in [6.45, 7) is 2.02. The molecule has 1 atom stereocenters. The largest absolute Gasteiger partial charge is 0.479 e. The van der Waals surface area contributed by atoms with Gasteiger partial charge in [0.1, 0.15) is 0 Å². The molecule has 1 saturated heterocycles. The van der Waals surface area contributed by atoms with Crippen molar-refractivity contribution in [2.45, 2.75) is 31.7 Å². The maximum atomic E-state index is 13.0. The number of hydrogen-bond acceptors (Lipinski definition) is 3. The lowest BCUT2D eigenvalue weighted by molar-refractivity contribution is -0.148. The molecule has 1 unspecified atom stereocenters. The van der Waals surface area contributed by atoms with Crippen LogP contribution >= 0.6 is 22.6 Å². The number of hydrogen-bond donors (Lipinski definition) is 2. The number of carboxylic acids is 1. The van der Waals surface area contributed by atoms with Gasteiger partial charge in [-0.15, -0.1) is 0 Å². The van der Waals surface area contributed by atoms with E-state index < -0.39 is 17.6 Å². The first-order valence-electron chi connectivity index (χ1n) is 8.89. The van der Waals surface area contributed by atoms with Gasteiger partial charge in [0.05, 0.1) is 0 Å². The molecular weight excluding hydrogens is 473 g/mol. The second-order valence-electron chi connectivity index (χ2n) is 7.00. The Bertz CT molecular complexity index is 943. The third-order valence-corrected chi connectivity index (χ3v) is 6.66. The van der Waals surface area contributed by atoms with Crippen LogP contribution in [0.15, 0.2) is 42.5 Å². The van der Waals surface area contributed by atoms with Crippen LogP contribution in [0, 0.1) is 10.5 Å². The Morgan fingerprint density at radius 2 is 1.82 bits per heavy atom. The molecule has 1 aliphatic heterocycles. The van der Waals surface area contributed by atoms with Gasteiger partial charge in [-0.3, -0.25) is 9.69 Å². The van der Waals surface area contributed by atoms with Crippen molar-refractivity contribution >= 4 is 40.4 Å². The van der Waals surface area contributed by atoms with Crippen molar-refractivity contribution in [3.05, 3.63) is 57.2 Å².